The van der Waals surface area contributed by atoms with Crippen LogP contribution in [0.2, 0.25) is 0 Å². The Kier molecular flexibility index (Phi) is 3.53. The Morgan fingerprint density at radius 1 is 0.846 bits per heavy atom. The van der Waals surface area contributed by atoms with Crippen LogP contribution in [-0.2, 0) is 12.8 Å². The molecule has 1 rings (SSSR count). The van der Waals surface area contributed by atoms with Gasteiger partial charge in [0.2, 0.25) is 0 Å². The molecule has 0 aliphatic heterocycles. The van der Waals surface area contributed by atoms with Gasteiger partial charge in [-0.3, -0.25) is 0 Å². The molecule has 0 aliphatic carbocycles. The predicted octanol–water partition coefficient (Wildman–Crippen LogP) is -1.35. The zero-order chi connectivity index (χ0) is 9.68. The van der Waals surface area contributed by atoms with Crippen LogP contribution in [-0.4, -0.2) is 43.5 Å². The highest BCUT2D eigenvalue weighted by atomic mass is 16.3. The van der Waals surface area contributed by atoms with Gasteiger partial charge in [-0.2, -0.15) is 9.97 Å². The fraction of sp³-hybridized carbons (Fsp3) is 0.571. The summed E-state index contributed by atoms with van der Waals surface area (Å²) >= 11 is 0. The van der Waals surface area contributed by atoms with E-state index in [1.165, 1.54) is 0 Å². The Morgan fingerprint density at radius 2 is 1.31 bits per heavy atom. The van der Waals surface area contributed by atoms with Crippen LogP contribution >= 0.6 is 0 Å². The van der Waals surface area contributed by atoms with Crippen LogP contribution in [0.3, 0.4) is 0 Å². The van der Waals surface area contributed by atoms with Gasteiger partial charge in [-0.05, 0) is 0 Å². The molecule has 0 unspecified atom stereocenters. The van der Waals surface area contributed by atoms with E-state index in [1.54, 1.807) is 0 Å². The summed E-state index contributed by atoms with van der Waals surface area (Å²) in [7, 11) is 0. The molecule has 0 aliphatic rings. The van der Waals surface area contributed by atoms with Gasteiger partial charge in [0.25, 0.3) is 0 Å². The quantitative estimate of drug-likeness (QED) is 0.536. The molecule has 0 amide bonds. The monoisotopic (exact) mass is 185 g/mol. The fourth-order valence-electron chi connectivity index (χ4n) is 0.878. The normalized spacial score (nSPS) is 10.3. The van der Waals surface area contributed by atoms with Crippen molar-refractivity contribution in [2.75, 3.05) is 13.2 Å². The van der Waals surface area contributed by atoms with E-state index in [0.717, 1.165) is 0 Å². The highest BCUT2D eigenvalue weighted by Gasteiger charge is 2.04. The summed E-state index contributed by atoms with van der Waals surface area (Å²) in [6, 6.07) is -0.373. The first-order valence-corrected chi connectivity index (χ1v) is 3.90. The lowest BCUT2D eigenvalue weighted by Gasteiger charge is -2.00. The van der Waals surface area contributed by atoms with Crippen molar-refractivity contribution < 1.29 is 15.3 Å². The molecule has 1 heterocycles. The first-order chi connectivity index (χ1) is 6.26. The number of aromatic nitrogens is 3. The summed E-state index contributed by atoms with van der Waals surface area (Å²) in [6.45, 7) is -0.163. The maximum absolute atomic E-state index is 9.02. The van der Waals surface area contributed by atoms with Gasteiger partial charge in [-0.25, -0.2) is 4.98 Å². The zero-order valence-electron chi connectivity index (χ0n) is 7.01. The maximum atomic E-state index is 9.02. The van der Waals surface area contributed by atoms with Gasteiger partial charge in [0, 0.05) is 12.8 Å². The lowest BCUT2D eigenvalue weighted by Crippen LogP contribution is -2.06. The Labute approximate surface area is 74.9 Å². The van der Waals surface area contributed by atoms with Crippen LogP contribution in [0.25, 0.3) is 0 Å². The second-order valence-corrected chi connectivity index (χ2v) is 2.42. The molecule has 1 aromatic rings. The van der Waals surface area contributed by atoms with Crippen LogP contribution in [0.1, 0.15) is 11.6 Å². The molecule has 0 radical (unpaired) electrons. The van der Waals surface area contributed by atoms with Gasteiger partial charge in [-0.1, -0.05) is 0 Å². The first kappa shape index (κ1) is 9.82. The third-order valence-electron chi connectivity index (χ3n) is 1.39. The Balaban J connectivity index is 2.83. The van der Waals surface area contributed by atoms with Gasteiger partial charge in [-0.15, -0.1) is 0 Å². The van der Waals surface area contributed by atoms with Crippen molar-refractivity contribution >= 4 is 0 Å². The summed E-state index contributed by atoms with van der Waals surface area (Å²) in [5.74, 6) is 0.664. The van der Waals surface area contributed by atoms with Crippen molar-refractivity contribution in [2.24, 2.45) is 0 Å². The fourth-order valence-corrected chi connectivity index (χ4v) is 0.878. The van der Waals surface area contributed by atoms with Gasteiger partial charge < -0.3 is 15.3 Å². The topological polar surface area (TPSA) is 99.4 Å². The van der Waals surface area contributed by atoms with Crippen LogP contribution in [0.4, 0.5) is 0 Å². The van der Waals surface area contributed by atoms with Crippen LogP contribution < -0.4 is 0 Å². The molecule has 72 valence electrons. The number of aliphatic hydroxyl groups is 2. The molecule has 0 atom stereocenters. The summed E-state index contributed by atoms with van der Waals surface area (Å²) in [5, 5.41) is 26.2. The number of rotatable bonds is 4. The molecule has 0 fully saturated rings. The Morgan fingerprint density at radius 3 is 1.69 bits per heavy atom. The molecule has 0 aromatic carbocycles. The smallest absolute Gasteiger partial charge is 0.317 e. The highest BCUT2D eigenvalue weighted by molar-refractivity contribution is 5.00. The lowest BCUT2D eigenvalue weighted by atomic mass is 10.4. The van der Waals surface area contributed by atoms with E-state index < -0.39 is 0 Å². The van der Waals surface area contributed by atoms with Crippen molar-refractivity contribution in [3.63, 3.8) is 0 Å². The molecule has 0 bridgehead atoms. The van der Waals surface area contributed by atoms with Gasteiger partial charge in [0.05, 0.1) is 13.2 Å². The second-order valence-electron chi connectivity index (χ2n) is 2.42. The van der Waals surface area contributed by atoms with E-state index in [9.17, 15) is 0 Å². The minimum absolute atomic E-state index is 0.0813. The molecule has 3 N–H and O–H groups in total. The predicted molar refractivity (Wildman–Crippen MR) is 43.1 cm³/mol. The molecule has 6 nitrogen and oxygen atoms in total. The standard InChI is InChI=1S/C7H11N3O3/c11-3-1-5-8-6(2-4-12)10-7(13)9-5/h11-12H,1-4H2,(H,8,9,10,13). The minimum atomic E-state index is -0.373. The second kappa shape index (κ2) is 4.68. The molecule has 6 heteroatoms. The summed E-state index contributed by atoms with van der Waals surface area (Å²) in [5.41, 5.74) is 0. The summed E-state index contributed by atoms with van der Waals surface area (Å²) in [6.07, 6.45) is 0.545. The van der Waals surface area contributed by atoms with Gasteiger partial charge in [0.1, 0.15) is 11.6 Å². The largest absolute Gasteiger partial charge is 0.479 e. The number of hydrogen-bond donors (Lipinski definition) is 3. The molecule has 0 saturated heterocycles. The van der Waals surface area contributed by atoms with Crippen LogP contribution in [0.5, 0.6) is 6.01 Å². The van der Waals surface area contributed by atoms with Crippen molar-refractivity contribution in [3.8, 4) is 6.01 Å². The van der Waals surface area contributed by atoms with Crippen LogP contribution in [0, 0.1) is 0 Å². The maximum Gasteiger partial charge on any atom is 0.317 e. The number of aliphatic hydroxyl groups excluding tert-OH is 2. The van der Waals surface area contributed by atoms with E-state index in [4.69, 9.17) is 15.3 Å². The molecule has 0 saturated carbocycles. The molecule has 0 spiro atoms. The van der Waals surface area contributed by atoms with Gasteiger partial charge >= 0.3 is 6.01 Å². The van der Waals surface area contributed by atoms with Crippen molar-refractivity contribution in [1.82, 2.24) is 15.0 Å². The highest BCUT2D eigenvalue weighted by Crippen LogP contribution is 2.02. The van der Waals surface area contributed by atoms with E-state index >= 15 is 0 Å². The molecule has 1 aromatic heterocycles. The van der Waals surface area contributed by atoms with Crippen molar-refractivity contribution in [2.45, 2.75) is 12.8 Å². The first-order valence-electron chi connectivity index (χ1n) is 3.90. The number of nitrogens with zero attached hydrogens (tertiary/aromatic N) is 3. The number of hydrogen-bond acceptors (Lipinski definition) is 6. The average molecular weight is 185 g/mol. The van der Waals surface area contributed by atoms with Crippen molar-refractivity contribution in [1.29, 1.82) is 0 Å². The van der Waals surface area contributed by atoms with E-state index in [2.05, 4.69) is 15.0 Å². The lowest BCUT2D eigenvalue weighted by molar-refractivity contribution is 0.290. The summed E-state index contributed by atoms with van der Waals surface area (Å²) < 4.78 is 0. The third-order valence-corrected chi connectivity index (χ3v) is 1.39. The molecular formula is C7H11N3O3. The van der Waals surface area contributed by atoms with Gasteiger partial charge in [0.15, 0.2) is 0 Å². The van der Waals surface area contributed by atoms with E-state index in [1.807, 2.05) is 0 Å². The Hall–Kier alpha value is -1.27. The molecular weight excluding hydrogens is 174 g/mol. The van der Waals surface area contributed by atoms with Crippen molar-refractivity contribution in [3.05, 3.63) is 11.6 Å². The number of aromatic hydroxyl groups is 1. The molecule has 13 heavy (non-hydrogen) atoms. The van der Waals surface area contributed by atoms with E-state index in [-0.39, 0.29) is 32.1 Å². The average Bonchev–Trinajstić information content (AvgIpc) is 2.04. The van der Waals surface area contributed by atoms with E-state index in [0.29, 0.717) is 11.6 Å². The SMILES string of the molecule is OCCc1nc(O)nc(CCO)n1. The third kappa shape index (κ3) is 2.92. The Bertz CT molecular complexity index is 255. The van der Waals surface area contributed by atoms with Crippen LogP contribution in [0.15, 0.2) is 0 Å². The minimum Gasteiger partial charge on any atom is -0.479 e. The summed E-state index contributed by atoms with van der Waals surface area (Å²) in [4.78, 5) is 11.1. The zero-order valence-corrected chi connectivity index (χ0v) is 7.01.